The van der Waals surface area contributed by atoms with Gasteiger partial charge in [-0.2, -0.15) is 0 Å². The molecule has 30 heavy (non-hydrogen) atoms. The predicted molar refractivity (Wildman–Crippen MR) is 120 cm³/mol. The van der Waals surface area contributed by atoms with E-state index in [-0.39, 0.29) is 11.7 Å². The van der Waals surface area contributed by atoms with Crippen LogP contribution < -0.4 is 15.5 Å². The maximum absolute atomic E-state index is 13.4. The average Bonchev–Trinajstić information content (AvgIpc) is 2.82. The molecule has 1 unspecified atom stereocenters. The third kappa shape index (κ3) is 4.11. The molecule has 1 aliphatic rings. The summed E-state index contributed by atoms with van der Waals surface area (Å²) in [4.78, 5) is 29.5. The number of hydrogen-bond acceptors (Lipinski definition) is 7. The minimum Gasteiger partial charge on any atom is -0.386 e. The van der Waals surface area contributed by atoms with E-state index in [2.05, 4.69) is 25.5 Å². The van der Waals surface area contributed by atoms with Gasteiger partial charge < -0.3 is 15.5 Å². The second-order valence-electron chi connectivity index (χ2n) is 7.57. The summed E-state index contributed by atoms with van der Waals surface area (Å²) >= 11 is 0. The number of carbonyl (C=O) groups excluding carboxylic acids is 1. The van der Waals surface area contributed by atoms with Gasteiger partial charge in [-0.15, -0.1) is 0 Å². The number of ketones is 1. The monoisotopic (exact) mass is 404 g/mol. The zero-order chi connectivity index (χ0) is 20.9. The second kappa shape index (κ2) is 9.17. The number of nitrogens with one attached hydrogen (secondary N) is 2. The standard InChI is InChI=1S/C23H28N6O/c1-3-16(14-17-6-4-5-9-26-17)23(30)18-15-27-19-7-8-20(28-22(19)21(18)24-2)29-12-10-25-11-13-29/h4-9,15-16,25H,3,10-14H2,1-2H3,(H,24,27). The summed E-state index contributed by atoms with van der Waals surface area (Å²) in [5.41, 5.74) is 3.80. The Balaban J connectivity index is 1.69. The number of Topliss-reactive ketones (excluding diaryl/α,β-unsaturated/α-hetero) is 1. The fourth-order valence-corrected chi connectivity index (χ4v) is 3.98. The molecule has 0 bridgehead atoms. The van der Waals surface area contributed by atoms with E-state index >= 15 is 0 Å². The fraction of sp³-hybridized carbons (Fsp3) is 0.391. The van der Waals surface area contributed by atoms with Crippen LogP contribution in [-0.2, 0) is 6.42 Å². The zero-order valence-electron chi connectivity index (χ0n) is 17.6. The number of pyridine rings is 3. The molecular weight excluding hydrogens is 376 g/mol. The average molecular weight is 405 g/mol. The highest BCUT2D eigenvalue weighted by molar-refractivity contribution is 6.08. The lowest BCUT2D eigenvalue weighted by atomic mass is 9.90. The molecule has 3 aromatic rings. The Morgan fingerprint density at radius 1 is 1.20 bits per heavy atom. The molecule has 2 N–H and O–H groups in total. The molecule has 4 heterocycles. The highest BCUT2D eigenvalue weighted by atomic mass is 16.1. The third-order valence-corrected chi connectivity index (χ3v) is 5.70. The van der Waals surface area contributed by atoms with E-state index in [0.29, 0.717) is 12.0 Å². The van der Waals surface area contributed by atoms with E-state index < -0.39 is 0 Å². The van der Waals surface area contributed by atoms with Gasteiger partial charge in [-0.25, -0.2) is 4.98 Å². The van der Waals surface area contributed by atoms with Crippen LogP contribution >= 0.6 is 0 Å². The topological polar surface area (TPSA) is 83.0 Å². The first-order valence-corrected chi connectivity index (χ1v) is 10.6. The van der Waals surface area contributed by atoms with Crippen molar-refractivity contribution in [3.05, 3.63) is 54.0 Å². The molecule has 156 valence electrons. The van der Waals surface area contributed by atoms with Gasteiger partial charge in [0.2, 0.25) is 0 Å². The highest BCUT2D eigenvalue weighted by Gasteiger charge is 2.24. The van der Waals surface area contributed by atoms with Crippen LogP contribution in [0.4, 0.5) is 11.5 Å². The molecule has 7 nitrogen and oxygen atoms in total. The summed E-state index contributed by atoms with van der Waals surface area (Å²) in [6, 6.07) is 9.81. The van der Waals surface area contributed by atoms with E-state index in [1.807, 2.05) is 44.3 Å². The molecule has 4 rings (SSSR count). The maximum atomic E-state index is 13.4. The molecule has 0 aromatic carbocycles. The first-order chi connectivity index (χ1) is 14.7. The zero-order valence-corrected chi connectivity index (χ0v) is 17.6. The van der Waals surface area contributed by atoms with Crippen molar-refractivity contribution in [2.75, 3.05) is 43.4 Å². The molecule has 3 aromatic heterocycles. The van der Waals surface area contributed by atoms with E-state index in [0.717, 1.165) is 60.8 Å². The molecular formula is C23H28N6O. The summed E-state index contributed by atoms with van der Waals surface area (Å²) in [6.07, 6.45) is 4.81. The first kappa shape index (κ1) is 20.2. The lowest BCUT2D eigenvalue weighted by Crippen LogP contribution is -2.43. The van der Waals surface area contributed by atoms with Crippen LogP contribution in [-0.4, -0.2) is 54.0 Å². The Hall–Kier alpha value is -3.06. The minimum atomic E-state index is -0.150. The molecule has 1 aliphatic heterocycles. The van der Waals surface area contributed by atoms with E-state index in [1.165, 1.54) is 0 Å². The van der Waals surface area contributed by atoms with Gasteiger partial charge in [0.1, 0.15) is 11.3 Å². The van der Waals surface area contributed by atoms with E-state index in [9.17, 15) is 4.79 Å². The van der Waals surface area contributed by atoms with E-state index in [4.69, 9.17) is 4.98 Å². The minimum absolute atomic E-state index is 0.0799. The number of aromatic nitrogens is 3. The lowest BCUT2D eigenvalue weighted by molar-refractivity contribution is 0.0916. The fourth-order valence-electron chi connectivity index (χ4n) is 3.98. The van der Waals surface area contributed by atoms with Gasteiger partial charge in [0.25, 0.3) is 0 Å². The van der Waals surface area contributed by atoms with E-state index in [1.54, 1.807) is 12.4 Å². The van der Waals surface area contributed by atoms with Crippen molar-refractivity contribution in [2.45, 2.75) is 19.8 Å². The van der Waals surface area contributed by atoms with Crippen LogP contribution in [0.2, 0.25) is 0 Å². The Kier molecular flexibility index (Phi) is 6.18. The smallest absolute Gasteiger partial charge is 0.170 e. The van der Waals surface area contributed by atoms with Gasteiger partial charge in [0.05, 0.1) is 16.8 Å². The summed E-state index contributed by atoms with van der Waals surface area (Å²) in [5.74, 6) is 0.853. The summed E-state index contributed by atoms with van der Waals surface area (Å²) in [7, 11) is 1.84. The summed E-state index contributed by atoms with van der Waals surface area (Å²) < 4.78 is 0. The van der Waals surface area contributed by atoms with Gasteiger partial charge >= 0.3 is 0 Å². The van der Waals surface area contributed by atoms with Crippen LogP contribution in [0.1, 0.15) is 29.4 Å². The van der Waals surface area contributed by atoms with Crippen molar-refractivity contribution in [3.63, 3.8) is 0 Å². The van der Waals surface area contributed by atoms with Crippen LogP contribution in [0, 0.1) is 5.92 Å². The van der Waals surface area contributed by atoms with Crippen molar-refractivity contribution in [2.24, 2.45) is 5.92 Å². The molecule has 1 fully saturated rings. The number of fused-ring (bicyclic) bond motifs is 1. The number of rotatable bonds is 7. The molecule has 7 heteroatoms. The van der Waals surface area contributed by atoms with Crippen LogP contribution in [0.25, 0.3) is 11.0 Å². The molecule has 0 radical (unpaired) electrons. The largest absolute Gasteiger partial charge is 0.386 e. The third-order valence-electron chi connectivity index (χ3n) is 5.70. The first-order valence-electron chi connectivity index (χ1n) is 10.6. The number of hydrogen-bond donors (Lipinski definition) is 2. The highest BCUT2D eigenvalue weighted by Crippen LogP contribution is 2.29. The molecule has 1 saturated heterocycles. The quantitative estimate of drug-likeness (QED) is 0.586. The second-order valence-corrected chi connectivity index (χ2v) is 7.57. The van der Waals surface area contributed by atoms with Gasteiger partial charge in [-0.1, -0.05) is 13.0 Å². The number of carbonyl (C=O) groups is 1. The Morgan fingerprint density at radius 3 is 2.73 bits per heavy atom. The normalized spacial score (nSPS) is 15.2. The van der Waals surface area contributed by atoms with Gasteiger partial charge in [0, 0.05) is 57.2 Å². The Labute approximate surface area is 176 Å². The van der Waals surface area contributed by atoms with Crippen molar-refractivity contribution < 1.29 is 4.79 Å². The maximum Gasteiger partial charge on any atom is 0.170 e. The molecule has 0 amide bonds. The van der Waals surface area contributed by atoms with Crippen molar-refractivity contribution in [1.82, 2.24) is 20.3 Å². The van der Waals surface area contributed by atoms with Crippen LogP contribution in [0.15, 0.2) is 42.7 Å². The SMILES string of the molecule is CCC(Cc1ccccn1)C(=O)c1cnc2ccc(N3CCNCC3)nc2c1NC. The Bertz CT molecular complexity index is 1020. The Morgan fingerprint density at radius 2 is 2.03 bits per heavy atom. The lowest BCUT2D eigenvalue weighted by Gasteiger charge is -2.28. The number of nitrogens with zero attached hydrogens (tertiary/aromatic N) is 4. The van der Waals surface area contributed by atoms with Gasteiger partial charge in [-0.05, 0) is 37.1 Å². The van der Waals surface area contributed by atoms with Crippen molar-refractivity contribution in [1.29, 1.82) is 0 Å². The van der Waals surface area contributed by atoms with Crippen LogP contribution in [0.5, 0.6) is 0 Å². The van der Waals surface area contributed by atoms with Crippen LogP contribution in [0.3, 0.4) is 0 Å². The molecule has 1 atom stereocenters. The summed E-state index contributed by atoms with van der Waals surface area (Å²) in [5, 5.41) is 6.59. The number of anilines is 2. The molecule has 0 aliphatic carbocycles. The summed E-state index contributed by atoms with van der Waals surface area (Å²) in [6.45, 7) is 5.77. The number of piperazine rings is 1. The van der Waals surface area contributed by atoms with Crippen molar-refractivity contribution >= 4 is 28.3 Å². The molecule has 0 saturated carbocycles. The van der Waals surface area contributed by atoms with Crippen molar-refractivity contribution in [3.8, 4) is 0 Å². The predicted octanol–water partition coefficient (Wildman–Crippen LogP) is 2.93. The van der Waals surface area contributed by atoms with Gasteiger partial charge in [-0.3, -0.25) is 14.8 Å². The molecule has 0 spiro atoms. The van der Waals surface area contributed by atoms with Gasteiger partial charge in [0.15, 0.2) is 5.78 Å².